The smallest absolute Gasteiger partial charge is 0.144 e. The largest absolute Gasteiger partial charge is 0.505 e. The minimum atomic E-state index is 0.526. The summed E-state index contributed by atoms with van der Waals surface area (Å²) in [6, 6.07) is 0. The van der Waals surface area contributed by atoms with E-state index in [1.807, 2.05) is 0 Å². The third-order valence-corrected chi connectivity index (χ3v) is 3.41. The summed E-state index contributed by atoms with van der Waals surface area (Å²) >= 11 is 0. The first-order valence-electron chi connectivity index (χ1n) is 6.74. The Morgan fingerprint density at radius 2 is 2.18 bits per heavy atom. The van der Waals surface area contributed by atoms with E-state index in [4.69, 9.17) is 0 Å². The van der Waals surface area contributed by atoms with E-state index in [1.54, 1.807) is 0 Å². The van der Waals surface area contributed by atoms with Gasteiger partial charge in [0.25, 0.3) is 0 Å². The van der Waals surface area contributed by atoms with Gasteiger partial charge in [-0.25, -0.2) is 0 Å². The molecule has 2 rings (SSSR count). The molecular formula is C15H23NO. The summed E-state index contributed by atoms with van der Waals surface area (Å²) < 4.78 is 2.30. The van der Waals surface area contributed by atoms with Crippen LogP contribution in [0.3, 0.4) is 0 Å². The molecule has 1 aromatic rings. The maximum absolute atomic E-state index is 10.4. The molecule has 94 valence electrons. The van der Waals surface area contributed by atoms with E-state index in [1.165, 1.54) is 17.7 Å². The lowest BCUT2D eigenvalue weighted by Crippen LogP contribution is -1.98. The molecule has 0 fully saturated rings. The van der Waals surface area contributed by atoms with Crippen LogP contribution in [0.25, 0.3) is 6.08 Å². The third-order valence-electron chi connectivity index (χ3n) is 3.41. The normalized spacial score (nSPS) is 15.1. The van der Waals surface area contributed by atoms with Crippen molar-refractivity contribution in [2.75, 3.05) is 0 Å². The third kappa shape index (κ3) is 2.26. The Morgan fingerprint density at radius 3 is 2.82 bits per heavy atom. The van der Waals surface area contributed by atoms with E-state index in [0.29, 0.717) is 11.7 Å². The fourth-order valence-electron chi connectivity index (χ4n) is 2.69. The zero-order chi connectivity index (χ0) is 12.4. The van der Waals surface area contributed by atoms with Crippen LogP contribution in [-0.2, 0) is 19.4 Å². The first kappa shape index (κ1) is 12.3. The quantitative estimate of drug-likeness (QED) is 0.841. The molecule has 0 amide bonds. The molecule has 2 heterocycles. The van der Waals surface area contributed by atoms with Crippen molar-refractivity contribution < 1.29 is 5.11 Å². The number of hydrogen-bond donors (Lipinski definition) is 1. The van der Waals surface area contributed by atoms with Crippen molar-refractivity contribution in [3.63, 3.8) is 0 Å². The van der Waals surface area contributed by atoms with Crippen molar-refractivity contribution in [3.8, 4) is 5.75 Å². The van der Waals surface area contributed by atoms with Crippen LogP contribution < -0.4 is 0 Å². The van der Waals surface area contributed by atoms with E-state index >= 15 is 0 Å². The van der Waals surface area contributed by atoms with E-state index < -0.39 is 0 Å². The number of hydrogen-bond acceptors (Lipinski definition) is 1. The SMILES string of the molecule is CC/C=C\c1c(O)c(CC(C)C)c2n1CCC2. The van der Waals surface area contributed by atoms with Gasteiger partial charge < -0.3 is 9.67 Å². The lowest BCUT2D eigenvalue weighted by molar-refractivity contribution is 0.460. The monoisotopic (exact) mass is 233 g/mol. The number of allylic oxidation sites excluding steroid dienone is 1. The van der Waals surface area contributed by atoms with Crippen LogP contribution in [0.5, 0.6) is 5.75 Å². The summed E-state index contributed by atoms with van der Waals surface area (Å²) in [6.07, 6.45) is 8.54. The predicted octanol–water partition coefficient (Wildman–Crippen LogP) is 3.76. The zero-order valence-corrected chi connectivity index (χ0v) is 11.2. The van der Waals surface area contributed by atoms with Crippen LogP contribution in [0.4, 0.5) is 0 Å². The fourth-order valence-corrected chi connectivity index (χ4v) is 2.69. The Balaban J connectivity index is 2.43. The number of rotatable bonds is 4. The Morgan fingerprint density at radius 1 is 1.41 bits per heavy atom. The van der Waals surface area contributed by atoms with Crippen LogP contribution in [0, 0.1) is 5.92 Å². The minimum Gasteiger partial charge on any atom is -0.505 e. The summed E-state index contributed by atoms with van der Waals surface area (Å²) in [4.78, 5) is 0. The Bertz CT molecular complexity index is 427. The van der Waals surface area contributed by atoms with E-state index in [-0.39, 0.29) is 0 Å². The highest BCUT2D eigenvalue weighted by Gasteiger charge is 2.24. The van der Waals surface area contributed by atoms with E-state index in [9.17, 15) is 5.11 Å². The van der Waals surface area contributed by atoms with Crippen LogP contribution in [0.1, 0.15) is 50.6 Å². The highest BCUT2D eigenvalue weighted by Crippen LogP contribution is 2.36. The van der Waals surface area contributed by atoms with Crippen molar-refractivity contribution in [3.05, 3.63) is 23.0 Å². The first-order chi connectivity index (χ1) is 8.15. The maximum Gasteiger partial charge on any atom is 0.144 e. The number of fused-ring (bicyclic) bond motifs is 1. The van der Waals surface area contributed by atoms with Crippen molar-refractivity contribution in [1.82, 2.24) is 4.57 Å². The molecule has 17 heavy (non-hydrogen) atoms. The van der Waals surface area contributed by atoms with Gasteiger partial charge in [0, 0.05) is 17.8 Å². The molecule has 0 atom stereocenters. The first-order valence-corrected chi connectivity index (χ1v) is 6.74. The molecule has 0 bridgehead atoms. The second kappa shape index (κ2) is 4.99. The molecule has 0 aromatic carbocycles. The number of aromatic nitrogens is 1. The molecule has 0 spiro atoms. The van der Waals surface area contributed by atoms with Crippen molar-refractivity contribution in [2.24, 2.45) is 5.92 Å². The Labute approximate surface area is 104 Å². The van der Waals surface area contributed by atoms with Gasteiger partial charge in [0.15, 0.2) is 0 Å². The summed E-state index contributed by atoms with van der Waals surface area (Å²) in [6.45, 7) is 7.60. The van der Waals surface area contributed by atoms with Crippen LogP contribution in [0.2, 0.25) is 0 Å². The average Bonchev–Trinajstić information content (AvgIpc) is 2.81. The van der Waals surface area contributed by atoms with Crippen molar-refractivity contribution >= 4 is 6.08 Å². The lowest BCUT2D eigenvalue weighted by atomic mass is 10.0. The van der Waals surface area contributed by atoms with Crippen LogP contribution in [-0.4, -0.2) is 9.67 Å². The summed E-state index contributed by atoms with van der Waals surface area (Å²) in [5.74, 6) is 1.12. The molecule has 0 saturated carbocycles. The van der Waals surface area contributed by atoms with Gasteiger partial charge in [0.1, 0.15) is 5.75 Å². The number of nitrogens with zero attached hydrogens (tertiary/aromatic N) is 1. The molecular weight excluding hydrogens is 210 g/mol. The molecule has 1 N–H and O–H groups in total. The highest BCUT2D eigenvalue weighted by atomic mass is 16.3. The molecule has 2 nitrogen and oxygen atoms in total. The van der Waals surface area contributed by atoms with Crippen molar-refractivity contribution in [2.45, 2.75) is 53.0 Å². The average molecular weight is 233 g/mol. The topological polar surface area (TPSA) is 25.2 Å². The lowest BCUT2D eigenvalue weighted by Gasteiger charge is -2.05. The minimum absolute atomic E-state index is 0.526. The van der Waals surface area contributed by atoms with Crippen molar-refractivity contribution in [1.29, 1.82) is 0 Å². The van der Waals surface area contributed by atoms with Gasteiger partial charge >= 0.3 is 0 Å². The van der Waals surface area contributed by atoms with Gasteiger partial charge in [0.2, 0.25) is 0 Å². The van der Waals surface area contributed by atoms with Crippen LogP contribution >= 0.6 is 0 Å². The summed E-state index contributed by atoms with van der Waals surface area (Å²) in [5, 5.41) is 10.4. The predicted molar refractivity (Wildman–Crippen MR) is 72.3 cm³/mol. The fraction of sp³-hybridized carbons (Fsp3) is 0.600. The van der Waals surface area contributed by atoms with Gasteiger partial charge in [-0.1, -0.05) is 26.8 Å². The second-order valence-corrected chi connectivity index (χ2v) is 5.32. The van der Waals surface area contributed by atoms with E-state index in [0.717, 1.165) is 31.5 Å². The molecule has 2 heteroatoms. The number of aromatic hydroxyl groups is 1. The van der Waals surface area contributed by atoms with Gasteiger partial charge in [-0.2, -0.15) is 0 Å². The highest BCUT2D eigenvalue weighted by molar-refractivity contribution is 5.60. The van der Waals surface area contributed by atoms with Gasteiger partial charge in [-0.3, -0.25) is 0 Å². The molecule has 1 aromatic heterocycles. The van der Waals surface area contributed by atoms with Crippen LogP contribution in [0.15, 0.2) is 6.08 Å². The molecule has 0 unspecified atom stereocenters. The summed E-state index contributed by atoms with van der Waals surface area (Å²) in [7, 11) is 0. The Hall–Kier alpha value is -1.18. The van der Waals surface area contributed by atoms with E-state index in [2.05, 4.69) is 37.5 Å². The standard InChI is InChI=1S/C15H23NO/c1-4-5-7-14-15(17)12(10-11(2)3)13-8-6-9-16(13)14/h5,7,11,17H,4,6,8-10H2,1-3H3/b7-5-. The zero-order valence-electron chi connectivity index (χ0n) is 11.2. The van der Waals surface area contributed by atoms with Gasteiger partial charge in [-0.05, 0) is 37.7 Å². The molecule has 1 aliphatic rings. The van der Waals surface area contributed by atoms with Gasteiger partial charge in [0.05, 0.1) is 5.69 Å². The molecule has 0 saturated heterocycles. The Kier molecular flexibility index (Phi) is 3.60. The maximum atomic E-state index is 10.4. The molecule has 0 aliphatic carbocycles. The van der Waals surface area contributed by atoms with Gasteiger partial charge in [-0.15, -0.1) is 0 Å². The molecule has 0 radical (unpaired) electrons. The molecule has 1 aliphatic heterocycles. The second-order valence-electron chi connectivity index (χ2n) is 5.32. The summed E-state index contributed by atoms with van der Waals surface area (Å²) in [5.41, 5.74) is 3.58.